The lowest BCUT2D eigenvalue weighted by atomic mass is 9.90. The molecule has 2 saturated carbocycles. The third-order valence-electron chi connectivity index (χ3n) is 10.1. The average Bonchev–Trinajstić information content (AvgIpc) is 3.96. The molecule has 0 radical (unpaired) electrons. The van der Waals surface area contributed by atoms with E-state index in [0.29, 0.717) is 24.0 Å². The Bertz CT molecular complexity index is 1880. The first-order valence-corrected chi connectivity index (χ1v) is 19.3. The molecule has 3 fully saturated rings. The van der Waals surface area contributed by atoms with E-state index in [1.54, 1.807) is 32.9 Å². The third kappa shape index (κ3) is 9.33. The van der Waals surface area contributed by atoms with Crippen molar-refractivity contribution in [1.82, 2.24) is 14.5 Å². The topological polar surface area (TPSA) is 174 Å². The fourth-order valence-corrected chi connectivity index (χ4v) is 8.49. The molecule has 286 valence electrons. The molecule has 0 spiro atoms. The van der Waals surface area contributed by atoms with E-state index in [1.165, 1.54) is 28.9 Å². The smallest absolute Gasteiger partial charge is 0.410 e. The highest BCUT2D eigenvalue weighted by Gasteiger charge is 2.61. The molecule has 1 unspecified atom stereocenters. The summed E-state index contributed by atoms with van der Waals surface area (Å²) in [4.78, 5) is 83.3. The maximum absolute atomic E-state index is 14.4. The van der Waals surface area contributed by atoms with Gasteiger partial charge < -0.3 is 14.4 Å². The van der Waals surface area contributed by atoms with Gasteiger partial charge in [-0.1, -0.05) is 24.1 Å². The number of Topliss-reactive ketones (excluding diaryl/α,β-unsaturated/α-hetero) is 2. The summed E-state index contributed by atoms with van der Waals surface area (Å²) >= 11 is 0. The van der Waals surface area contributed by atoms with Crippen LogP contribution >= 0.6 is 0 Å². The first-order valence-electron chi connectivity index (χ1n) is 17.8. The molecular formula is C38H46FN3O10S. The summed E-state index contributed by atoms with van der Waals surface area (Å²) in [7, 11) is -3.92. The van der Waals surface area contributed by atoms with Crippen molar-refractivity contribution < 1.29 is 51.0 Å². The molecule has 2 aliphatic heterocycles. The van der Waals surface area contributed by atoms with Crippen LogP contribution in [0.25, 0.3) is 0 Å². The lowest BCUT2D eigenvalue weighted by Crippen LogP contribution is -2.46. The number of nitrogens with one attached hydrogen (secondary N) is 1. The van der Waals surface area contributed by atoms with Crippen LogP contribution in [-0.2, 0) is 56.6 Å². The van der Waals surface area contributed by atoms with Crippen LogP contribution in [0.5, 0.6) is 0 Å². The minimum atomic E-state index is -3.92. The monoisotopic (exact) mass is 755 g/mol. The quantitative estimate of drug-likeness (QED) is 0.128. The van der Waals surface area contributed by atoms with Crippen molar-refractivity contribution in [2.24, 2.45) is 17.3 Å². The zero-order valence-electron chi connectivity index (χ0n) is 30.4. The van der Waals surface area contributed by atoms with E-state index in [4.69, 9.17) is 9.47 Å². The van der Waals surface area contributed by atoms with Crippen LogP contribution in [0.1, 0.15) is 90.2 Å². The third-order valence-corrected chi connectivity index (χ3v) is 11.9. The Balaban J connectivity index is 1.39. The summed E-state index contributed by atoms with van der Waals surface area (Å²) in [5.41, 5.74) is -1.29. The van der Waals surface area contributed by atoms with Gasteiger partial charge in [-0.05, 0) is 76.8 Å². The normalized spacial score (nSPS) is 23.9. The number of nitrogens with zero attached hydrogens (tertiary/aromatic N) is 2. The molecule has 15 heteroatoms. The second-order valence-corrected chi connectivity index (χ2v) is 17.3. The van der Waals surface area contributed by atoms with Crippen LogP contribution in [0.4, 0.5) is 9.18 Å². The molecule has 1 aromatic carbocycles. The Kier molecular flexibility index (Phi) is 11.5. The number of benzene rings is 1. The number of fused-ring (bicyclic) bond motifs is 1. The molecule has 0 bridgehead atoms. The molecule has 0 aromatic heterocycles. The van der Waals surface area contributed by atoms with E-state index < -0.39 is 104 Å². The van der Waals surface area contributed by atoms with Gasteiger partial charge in [0.1, 0.15) is 17.5 Å². The number of carbonyl (C=O) groups is 6. The van der Waals surface area contributed by atoms with Gasteiger partial charge in [0.15, 0.2) is 5.78 Å². The number of hydrogen-bond acceptors (Lipinski definition) is 10. The molecule has 1 aromatic rings. The number of amides is 3. The average molecular weight is 756 g/mol. The highest BCUT2D eigenvalue weighted by molar-refractivity contribution is 7.90. The summed E-state index contributed by atoms with van der Waals surface area (Å²) in [5, 5.41) is -0.671. The molecule has 1 N–H and O–H groups in total. The Morgan fingerprint density at radius 3 is 2.47 bits per heavy atom. The zero-order chi connectivity index (χ0) is 38.9. The van der Waals surface area contributed by atoms with Gasteiger partial charge in [0, 0.05) is 37.3 Å². The predicted octanol–water partition coefficient (Wildman–Crippen LogP) is 3.73. The van der Waals surface area contributed by atoms with Crippen molar-refractivity contribution >= 4 is 45.5 Å². The number of carbonyl (C=O) groups excluding carboxylic acids is 6. The lowest BCUT2D eigenvalue weighted by Gasteiger charge is -2.29. The van der Waals surface area contributed by atoms with Gasteiger partial charge in [0.2, 0.25) is 27.6 Å². The van der Waals surface area contributed by atoms with Crippen molar-refractivity contribution in [3.05, 3.63) is 47.8 Å². The van der Waals surface area contributed by atoms with Crippen molar-refractivity contribution in [3.8, 4) is 11.8 Å². The van der Waals surface area contributed by atoms with Gasteiger partial charge in [0.25, 0.3) is 0 Å². The van der Waals surface area contributed by atoms with E-state index in [-0.39, 0.29) is 45.3 Å². The van der Waals surface area contributed by atoms with Gasteiger partial charge in [0.05, 0.1) is 36.2 Å². The van der Waals surface area contributed by atoms with Crippen LogP contribution in [-0.4, -0.2) is 83.2 Å². The van der Waals surface area contributed by atoms with Gasteiger partial charge in [-0.15, -0.1) is 6.58 Å². The van der Waals surface area contributed by atoms with Crippen LogP contribution in [0.3, 0.4) is 0 Å². The molecule has 53 heavy (non-hydrogen) atoms. The summed E-state index contributed by atoms with van der Waals surface area (Å²) in [6.45, 7) is 10.1. The summed E-state index contributed by atoms with van der Waals surface area (Å²) in [6, 6.07) is 3.32. The molecule has 5 rings (SSSR count). The van der Waals surface area contributed by atoms with Crippen LogP contribution in [0, 0.1) is 34.9 Å². The van der Waals surface area contributed by atoms with Gasteiger partial charge in [-0.2, -0.15) is 0 Å². The molecule has 1 saturated heterocycles. The van der Waals surface area contributed by atoms with Crippen molar-refractivity contribution in [3.63, 3.8) is 0 Å². The number of sulfonamides is 1. The van der Waals surface area contributed by atoms with Crippen molar-refractivity contribution in [2.45, 2.75) is 115 Å². The lowest BCUT2D eigenvalue weighted by molar-refractivity contribution is -0.159. The molecule has 2 aliphatic carbocycles. The highest BCUT2D eigenvalue weighted by Crippen LogP contribution is 2.57. The fraction of sp³-hybridized carbons (Fsp3) is 0.579. The maximum atomic E-state index is 14.4. The number of allylic oxidation sites excluding steroid dienone is 1. The number of esters is 1. The number of rotatable bonds is 14. The Hall–Kier alpha value is -4.58. The second-order valence-electron chi connectivity index (χ2n) is 15.3. The molecule has 2 heterocycles. The van der Waals surface area contributed by atoms with Gasteiger partial charge >= 0.3 is 12.1 Å². The van der Waals surface area contributed by atoms with Gasteiger partial charge in [-0.25, -0.2) is 17.6 Å². The van der Waals surface area contributed by atoms with Gasteiger partial charge in [-0.3, -0.25) is 33.6 Å². The number of likely N-dealkylation sites (tertiary alicyclic amines) is 1. The second kappa shape index (κ2) is 15.4. The standard InChI is InChI=1S/C38H46FN3O10S/c1-6-9-26(43)13-12-23(16-33(45)52-37(3,4)5)34(46)42-21-27(51-36(48)41-20-24-10-8-11-30(39)29(24)22-41)17-31(42)32(44)19-38(18-25(38)7-2)35(47)40-53(49,50)28-14-15-28/h7-8,10-11,23,25,27-28,31H,2,12-22H2,1,3-5H3,(H,40,47)/t23-,25-,27?,31+,38-/m1/s1. The molecular weight excluding hydrogens is 709 g/mol. The van der Waals surface area contributed by atoms with E-state index in [0.717, 1.165) is 0 Å². The fourth-order valence-electron chi connectivity index (χ4n) is 7.11. The van der Waals surface area contributed by atoms with Crippen molar-refractivity contribution in [1.29, 1.82) is 0 Å². The Labute approximate surface area is 309 Å². The molecule has 4 aliphatic rings. The number of hydrogen-bond donors (Lipinski definition) is 1. The highest BCUT2D eigenvalue weighted by atomic mass is 32.2. The number of ether oxygens (including phenoxy) is 2. The Morgan fingerprint density at radius 1 is 1.15 bits per heavy atom. The molecule has 13 nitrogen and oxygen atoms in total. The summed E-state index contributed by atoms with van der Waals surface area (Å²) < 4.78 is 53.2. The minimum absolute atomic E-state index is 0.0322. The van der Waals surface area contributed by atoms with Crippen molar-refractivity contribution in [2.75, 3.05) is 6.54 Å². The predicted molar refractivity (Wildman–Crippen MR) is 188 cm³/mol. The van der Waals surface area contributed by atoms with E-state index in [9.17, 15) is 41.6 Å². The first-order chi connectivity index (χ1) is 24.9. The van der Waals surface area contributed by atoms with E-state index in [2.05, 4.69) is 23.1 Å². The molecule has 5 atom stereocenters. The molecule has 3 amide bonds. The number of halogens is 1. The minimum Gasteiger partial charge on any atom is -0.460 e. The SMILES string of the molecule is C=C[C@@H]1C[C@]1(CC(=O)[C@@H]1CC(OC(=O)N2Cc3cccc(F)c3C2)CN1C(=O)[C@H](CCC(=O)C#CC)CC(=O)OC(C)(C)C)C(=O)NS(=O)(=O)C1CC1. The van der Waals surface area contributed by atoms with Crippen LogP contribution in [0.2, 0.25) is 0 Å². The van der Waals surface area contributed by atoms with Crippen LogP contribution < -0.4 is 4.72 Å². The maximum Gasteiger partial charge on any atom is 0.410 e. The van der Waals surface area contributed by atoms with E-state index >= 15 is 0 Å². The first kappa shape index (κ1) is 39.6. The van der Waals surface area contributed by atoms with E-state index in [1.807, 2.05) is 0 Å². The number of ketones is 2. The summed E-state index contributed by atoms with van der Waals surface area (Å²) in [6.07, 6.45) is -0.499. The zero-order valence-corrected chi connectivity index (χ0v) is 31.3. The van der Waals surface area contributed by atoms with Crippen LogP contribution in [0.15, 0.2) is 30.9 Å². The largest absolute Gasteiger partial charge is 0.460 e. The Morgan fingerprint density at radius 2 is 1.87 bits per heavy atom. The summed E-state index contributed by atoms with van der Waals surface area (Å²) in [5.74, 6) is -0.338.